The normalized spacial score (nSPS) is 10.2. The first-order valence-corrected chi connectivity index (χ1v) is 4.39. The first kappa shape index (κ1) is 8.79. The molecule has 0 aliphatic rings. The second-order valence-corrected chi connectivity index (χ2v) is 2.88. The molecule has 3 nitrogen and oxygen atoms in total. The summed E-state index contributed by atoms with van der Waals surface area (Å²) in [7, 11) is 0. The van der Waals surface area contributed by atoms with Crippen molar-refractivity contribution in [3.8, 4) is 12.3 Å². The van der Waals surface area contributed by atoms with Gasteiger partial charge in [0.05, 0.1) is 13.1 Å². The summed E-state index contributed by atoms with van der Waals surface area (Å²) in [5.41, 5.74) is 1.69. The summed E-state index contributed by atoms with van der Waals surface area (Å²) in [6.07, 6.45) is 5.10. The van der Waals surface area contributed by atoms with Gasteiger partial charge in [-0.3, -0.25) is 5.32 Å². The van der Waals surface area contributed by atoms with Gasteiger partial charge in [-0.2, -0.15) is 0 Å². The molecule has 2 rings (SSSR count). The molecule has 1 N–H and O–H groups in total. The Kier molecular flexibility index (Phi) is 2.48. The van der Waals surface area contributed by atoms with E-state index in [1.165, 1.54) is 0 Å². The van der Waals surface area contributed by atoms with E-state index in [2.05, 4.69) is 16.2 Å². The number of rotatable bonds is 3. The molecule has 0 aliphatic heterocycles. The quantitative estimate of drug-likeness (QED) is 0.583. The molecule has 14 heavy (non-hydrogen) atoms. The molecule has 0 atom stereocenters. The van der Waals surface area contributed by atoms with Crippen molar-refractivity contribution in [2.24, 2.45) is 0 Å². The molecule has 70 valence electrons. The van der Waals surface area contributed by atoms with Gasteiger partial charge in [0.1, 0.15) is 5.52 Å². The summed E-state index contributed by atoms with van der Waals surface area (Å²) in [5.74, 6) is 3.16. The molecule has 0 spiro atoms. The Morgan fingerprint density at radius 1 is 1.43 bits per heavy atom. The fourth-order valence-corrected chi connectivity index (χ4v) is 1.24. The van der Waals surface area contributed by atoms with Crippen LogP contribution in [-0.4, -0.2) is 11.5 Å². The van der Waals surface area contributed by atoms with Crippen LogP contribution in [0.1, 0.15) is 5.89 Å². The van der Waals surface area contributed by atoms with E-state index in [0.717, 1.165) is 11.1 Å². The molecule has 0 radical (unpaired) electrons. The van der Waals surface area contributed by atoms with Gasteiger partial charge in [-0.25, -0.2) is 4.98 Å². The third kappa shape index (κ3) is 1.76. The fourth-order valence-electron chi connectivity index (χ4n) is 1.24. The fraction of sp³-hybridized carbons (Fsp3) is 0.182. The molecule has 0 bridgehead atoms. The molecule has 1 heterocycles. The summed E-state index contributed by atoms with van der Waals surface area (Å²) in [6, 6.07) is 7.67. The zero-order valence-corrected chi connectivity index (χ0v) is 7.66. The lowest BCUT2D eigenvalue weighted by Crippen LogP contribution is -2.12. The van der Waals surface area contributed by atoms with E-state index in [-0.39, 0.29) is 0 Å². The average molecular weight is 186 g/mol. The van der Waals surface area contributed by atoms with Gasteiger partial charge in [0.2, 0.25) is 5.89 Å². The average Bonchev–Trinajstić information content (AvgIpc) is 2.60. The van der Waals surface area contributed by atoms with Gasteiger partial charge in [0, 0.05) is 0 Å². The van der Waals surface area contributed by atoms with Crippen molar-refractivity contribution >= 4 is 11.1 Å². The predicted molar refractivity (Wildman–Crippen MR) is 54.5 cm³/mol. The van der Waals surface area contributed by atoms with Crippen LogP contribution in [0.3, 0.4) is 0 Å². The van der Waals surface area contributed by atoms with Crippen LogP contribution in [0.5, 0.6) is 0 Å². The number of hydrogen-bond donors (Lipinski definition) is 1. The lowest BCUT2D eigenvalue weighted by atomic mass is 10.3. The van der Waals surface area contributed by atoms with Crippen molar-refractivity contribution in [3.63, 3.8) is 0 Å². The van der Waals surface area contributed by atoms with Gasteiger partial charge in [-0.15, -0.1) is 6.42 Å². The number of fused-ring (bicyclic) bond motifs is 1. The molecule has 2 aromatic rings. The van der Waals surface area contributed by atoms with Crippen molar-refractivity contribution in [2.45, 2.75) is 6.54 Å². The van der Waals surface area contributed by atoms with Crippen LogP contribution in [0.15, 0.2) is 28.7 Å². The third-order valence-electron chi connectivity index (χ3n) is 1.84. The second kappa shape index (κ2) is 3.95. The summed E-state index contributed by atoms with van der Waals surface area (Å²) in [5, 5.41) is 3.02. The molecular weight excluding hydrogens is 176 g/mol. The molecule has 1 aromatic carbocycles. The molecule has 0 fully saturated rings. The molecule has 1 aromatic heterocycles. The molecule has 0 saturated heterocycles. The molecule has 0 amide bonds. The first-order chi connectivity index (χ1) is 6.90. The van der Waals surface area contributed by atoms with Crippen LogP contribution in [0.2, 0.25) is 0 Å². The van der Waals surface area contributed by atoms with Crippen LogP contribution in [0.25, 0.3) is 11.1 Å². The Morgan fingerprint density at radius 3 is 3.07 bits per heavy atom. The Morgan fingerprint density at radius 2 is 2.29 bits per heavy atom. The molecule has 0 unspecified atom stereocenters. The van der Waals surface area contributed by atoms with Crippen molar-refractivity contribution < 1.29 is 4.42 Å². The molecule has 3 heteroatoms. The third-order valence-corrected chi connectivity index (χ3v) is 1.84. The lowest BCUT2D eigenvalue weighted by molar-refractivity contribution is 0.506. The van der Waals surface area contributed by atoms with Gasteiger partial charge in [-0.05, 0) is 12.1 Å². The van der Waals surface area contributed by atoms with E-state index >= 15 is 0 Å². The lowest BCUT2D eigenvalue weighted by Gasteiger charge is -1.93. The SMILES string of the molecule is C#CCNCc1nc2ccccc2o1. The number of aromatic nitrogens is 1. The van der Waals surface area contributed by atoms with Crippen molar-refractivity contribution in [1.29, 1.82) is 0 Å². The summed E-state index contributed by atoms with van der Waals surface area (Å²) >= 11 is 0. The summed E-state index contributed by atoms with van der Waals surface area (Å²) in [4.78, 5) is 4.29. The van der Waals surface area contributed by atoms with E-state index in [1.54, 1.807) is 0 Å². The highest BCUT2D eigenvalue weighted by Gasteiger charge is 2.02. The standard InChI is InChI=1S/C11H10N2O/c1-2-7-12-8-11-13-9-5-3-4-6-10(9)14-11/h1,3-6,12H,7-8H2. The maximum atomic E-state index is 5.47. The number of para-hydroxylation sites is 2. The van der Waals surface area contributed by atoms with Gasteiger partial charge >= 0.3 is 0 Å². The van der Waals surface area contributed by atoms with E-state index in [1.807, 2.05) is 24.3 Å². The molecule has 0 aliphatic carbocycles. The molecule has 0 saturated carbocycles. The predicted octanol–water partition coefficient (Wildman–Crippen LogP) is 1.55. The number of terminal acetylenes is 1. The van der Waals surface area contributed by atoms with Crippen LogP contribution < -0.4 is 5.32 Å². The number of nitrogens with zero attached hydrogens (tertiary/aromatic N) is 1. The van der Waals surface area contributed by atoms with Gasteiger partial charge < -0.3 is 4.42 Å². The highest BCUT2D eigenvalue weighted by atomic mass is 16.3. The van der Waals surface area contributed by atoms with Crippen LogP contribution in [0.4, 0.5) is 0 Å². The van der Waals surface area contributed by atoms with E-state index in [9.17, 15) is 0 Å². The van der Waals surface area contributed by atoms with E-state index < -0.39 is 0 Å². The van der Waals surface area contributed by atoms with Crippen LogP contribution >= 0.6 is 0 Å². The minimum Gasteiger partial charge on any atom is -0.439 e. The Hall–Kier alpha value is -1.79. The largest absolute Gasteiger partial charge is 0.439 e. The zero-order valence-electron chi connectivity index (χ0n) is 7.66. The van der Waals surface area contributed by atoms with Crippen molar-refractivity contribution in [2.75, 3.05) is 6.54 Å². The van der Waals surface area contributed by atoms with Gasteiger partial charge in [0.15, 0.2) is 5.58 Å². The smallest absolute Gasteiger partial charge is 0.209 e. The number of hydrogen-bond acceptors (Lipinski definition) is 3. The maximum Gasteiger partial charge on any atom is 0.209 e. The Balaban J connectivity index is 2.15. The number of benzene rings is 1. The van der Waals surface area contributed by atoms with Crippen LogP contribution in [-0.2, 0) is 6.54 Å². The van der Waals surface area contributed by atoms with E-state index in [4.69, 9.17) is 10.8 Å². The van der Waals surface area contributed by atoms with Crippen molar-refractivity contribution in [1.82, 2.24) is 10.3 Å². The number of nitrogens with one attached hydrogen (secondary N) is 1. The van der Waals surface area contributed by atoms with Gasteiger partial charge in [-0.1, -0.05) is 18.1 Å². The van der Waals surface area contributed by atoms with Crippen LogP contribution in [0, 0.1) is 12.3 Å². The summed E-state index contributed by atoms with van der Waals surface area (Å²) in [6.45, 7) is 1.09. The highest BCUT2D eigenvalue weighted by Crippen LogP contribution is 2.13. The zero-order chi connectivity index (χ0) is 9.80. The molecular formula is C11H10N2O. The van der Waals surface area contributed by atoms with E-state index in [0.29, 0.717) is 19.0 Å². The highest BCUT2D eigenvalue weighted by molar-refractivity contribution is 5.72. The monoisotopic (exact) mass is 186 g/mol. The van der Waals surface area contributed by atoms with Crippen molar-refractivity contribution in [3.05, 3.63) is 30.2 Å². The summed E-state index contributed by atoms with van der Waals surface area (Å²) < 4.78 is 5.47. The Labute approximate surface area is 82.1 Å². The minimum absolute atomic E-state index is 0.527. The first-order valence-electron chi connectivity index (χ1n) is 4.39. The maximum absolute atomic E-state index is 5.47. The number of oxazole rings is 1. The Bertz CT molecular complexity index is 434. The van der Waals surface area contributed by atoms with Gasteiger partial charge in [0.25, 0.3) is 0 Å². The second-order valence-electron chi connectivity index (χ2n) is 2.88. The topological polar surface area (TPSA) is 38.1 Å². The minimum atomic E-state index is 0.527.